The van der Waals surface area contributed by atoms with Gasteiger partial charge >= 0.3 is 0 Å². The van der Waals surface area contributed by atoms with Gasteiger partial charge in [0.15, 0.2) is 0 Å². The Bertz CT molecular complexity index is 303. The molecule has 15 heavy (non-hydrogen) atoms. The van der Waals surface area contributed by atoms with Crippen molar-refractivity contribution in [1.29, 1.82) is 0 Å². The third-order valence-corrected chi connectivity index (χ3v) is 2.11. The van der Waals surface area contributed by atoms with Crippen LogP contribution in [0, 0.1) is 5.95 Å². The molecule has 84 valence electrons. The van der Waals surface area contributed by atoms with Crippen LogP contribution in [0.25, 0.3) is 0 Å². The summed E-state index contributed by atoms with van der Waals surface area (Å²) in [5.41, 5.74) is 0. The molecule has 0 spiro atoms. The number of anilines is 1. The van der Waals surface area contributed by atoms with Gasteiger partial charge in [0.2, 0.25) is 5.95 Å². The SMILES string of the molecule is CN(C)CCCN(C)c1cc(F)ncn1. The first-order valence-corrected chi connectivity index (χ1v) is 4.93. The van der Waals surface area contributed by atoms with Gasteiger partial charge in [-0.05, 0) is 27.1 Å². The predicted octanol–water partition coefficient (Wildman–Crippen LogP) is 1.00. The summed E-state index contributed by atoms with van der Waals surface area (Å²) >= 11 is 0. The Hall–Kier alpha value is -1.23. The smallest absolute Gasteiger partial charge is 0.218 e. The van der Waals surface area contributed by atoms with Crippen molar-refractivity contribution < 1.29 is 4.39 Å². The zero-order chi connectivity index (χ0) is 11.3. The molecule has 0 unspecified atom stereocenters. The van der Waals surface area contributed by atoms with Gasteiger partial charge in [0, 0.05) is 19.7 Å². The summed E-state index contributed by atoms with van der Waals surface area (Å²) in [6, 6.07) is 1.34. The van der Waals surface area contributed by atoms with Gasteiger partial charge in [-0.2, -0.15) is 4.39 Å². The Morgan fingerprint density at radius 1 is 1.20 bits per heavy atom. The Morgan fingerprint density at radius 2 is 1.93 bits per heavy atom. The molecule has 5 heteroatoms. The Labute approximate surface area is 89.7 Å². The topological polar surface area (TPSA) is 32.3 Å². The normalized spacial score (nSPS) is 10.7. The first kappa shape index (κ1) is 11.8. The van der Waals surface area contributed by atoms with Crippen LogP contribution in [0.5, 0.6) is 0 Å². The van der Waals surface area contributed by atoms with Gasteiger partial charge in [0.1, 0.15) is 12.1 Å². The van der Waals surface area contributed by atoms with Crippen molar-refractivity contribution in [2.24, 2.45) is 0 Å². The van der Waals surface area contributed by atoms with Crippen LogP contribution >= 0.6 is 0 Å². The molecule has 0 aliphatic heterocycles. The minimum absolute atomic E-state index is 0.487. The fourth-order valence-electron chi connectivity index (χ4n) is 1.27. The third kappa shape index (κ3) is 4.20. The molecule has 0 bridgehead atoms. The van der Waals surface area contributed by atoms with Gasteiger partial charge in [-0.1, -0.05) is 0 Å². The highest BCUT2D eigenvalue weighted by Crippen LogP contribution is 2.08. The summed E-state index contributed by atoms with van der Waals surface area (Å²) in [4.78, 5) is 11.5. The first-order chi connectivity index (χ1) is 7.09. The Morgan fingerprint density at radius 3 is 2.53 bits per heavy atom. The zero-order valence-corrected chi connectivity index (χ0v) is 9.44. The lowest BCUT2D eigenvalue weighted by atomic mass is 10.3. The molecule has 0 aliphatic carbocycles. The molecule has 1 aromatic rings. The largest absolute Gasteiger partial charge is 0.359 e. The maximum absolute atomic E-state index is 12.8. The number of hydrogen-bond acceptors (Lipinski definition) is 4. The first-order valence-electron chi connectivity index (χ1n) is 4.93. The van der Waals surface area contributed by atoms with E-state index < -0.39 is 5.95 Å². The van der Waals surface area contributed by atoms with Crippen molar-refractivity contribution in [2.75, 3.05) is 39.1 Å². The van der Waals surface area contributed by atoms with Gasteiger partial charge in [-0.3, -0.25) is 0 Å². The Kier molecular flexibility index (Phi) is 4.42. The molecule has 0 N–H and O–H groups in total. The van der Waals surface area contributed by atoms with Gasteiger partial charge in [-0.15, -0.1) is 0 Å². The second kappa shape index (κ2) is 5.60. The molecule has 0 fully saturated rings. The standard InChI is InChI=1S/C10H17FN4/c1-14(2)5-4-6-15(3)10-7-9(11)12-8-13-10/h7-8H,4-6H2,1-3H3. The van der Waals surface area contributed by atoms with Crippen LogP contribution in [-0.2, 0) is 0 Å². The van der Waals surface area contributed by atoms with E-state index in [1.54, 1.807) is 0 Å². The van der Waals surface area contributed by atoms with Crippen molar-refractivity contribution >= 4 is 5.82 Å². The van der Waals surface area contributed by atoms with Crippen molar-refractivity contribution in [3.8, 4) is 0 Å². The lowest BCUT2D eigenvalue weighted by Crippen LogP contribution is -2.24. The summed E-state index contributed by atoms with van der Waals surface area (Å²) < 4.78 is 12.8. The molecule has 0 aliphatic rings. The molecule has 4 nitrogen and oxygen atoms in total. The highest BCUT2D eigenvalue weighted by molar-refractivity contribution is 5.35. The van der Waals surface area contributed by atoms with Crippen molar-refractivity contribution in [3.63, 3.8) is 0 Å². The van der Waals surface area contributed by atoms with E-state index in [9.17, 15) is 4.39 Å². The van der Waals surface area contributed by atoms with Crippen molar-refractivity contribution in [3.05, 3.63) is 18.3 Å². The summed E-state index contributed by atoms with van der Waals surface area (Å²) in [7, 11) is 5.96. The van der Waals surface area contributed by atoms with E-state index in [4.69, 9.17) is 0 Å². The number of nitrogens with zero attached hydrogens (tertiary/aromatic N) is 4. The highest BCUT2D eigenvalue weighted by atomic mass is 19.1. The number of aromatic nitrogens is 2. The van der Waals surface area contributed by atoms with Crippen LogP contribution in [0.2, 0.25) is 0 Å². The molecule has 1 aromatic heterocycles. The van der Waals surface area contributed by atoms with E-state index >= 15 is 0 Å². The van der Waals surface area contributed by atoms with Crippen molar-refractivity contribution in [2.45, 2.75) is 6.42 Å². The number of halogens is 1. The summed E-state index contributed by atoms with van der Waals surface area (Å²) in [6.45, 7) is 1.87. The average Bonchev–Trinajstić information content (AvgIpc) is 2.17. The lowest BCUT2D eigenvalue weighted by molar-refractivity contribution is 0.401. The van der Waals surface area contributed by atoms with E-state index in [1.165, 1.54) is 12.4 Å². The van der Waals surface area contributed by atoms with E-state index in [-0.39, 0.29) is 0 Å². The van der Waals surface area contributed by atoms with E-state index in [1.807, 2.05) is 26.0 Å². The maximum Gasteiger partial charge on any atom is 0.218 e. The molecule has 1 heterocycles. The Balaban J connectivity index is 2.43. The van der Waals surface area contributed by atoms with Gasteiger partial charge in [0.05, 0.1) is 0 Å². The average molecular weight is 212 g/mol. The molecule has 0 radical (unpaired) electrons. The summed E-state index contributed by atoms with van der Waals surface area (Å²) in [6.07, 6.45) is 2.27. The van der Waals surface area contributed by atoms with Gasteiger partial charge < -0.3 is 9.80 Å². The van der Waals surface area contributed by atoms with Crippen LogP contribution in [0.15, 0.2) is 12.4 Å². The molecule has 0 saturated carbocycles. The molecule has 0 atom stereocenters. The van der Waals surface area contributed by atoms with Crippen LogP contribution < -0.4 is 4.90 Å². The quantitative estimate of drug-likeness (QED) is 0.682. The fourth-order valence-corrected chi connectivity index (χ4v) is 1.27. The van der Waals surface area contributed by atoms with Crippen LogP contribution in [0.3, 0.4) is 0 Å². The molecule has 0 aromatic carbocycles. The monoisotopic (exact) mass is 212 g/mol. The van der Waals surface area contributed by atoms with Gasteiger partial charge in [0.25, 0.3) is 0 Å². The molecule has 1 rings (SSSR count). The van der Waals surface area contributed by atoms with Gasteiger partial charge in [-0.25, -0.2) is 9.97 Å². The number of rotatable bonds is 5. The summed E-state index contributed by atoms with van der Waals surface area (Å²) in [5.74, 6) is 0.140. The van der Waals surface area contributed by atoms with Crippen LogP contribution in [0.1, 0.15) is 6.42 Å². The predicted molar refractivity (Wildman–Crippen MR) is 58.4 cm³/mol. The molecular formula is C10H17FN4. The van der Waals surface area contributed by atoms with Crippen LogP contribution in [0.4, 0.5) is 10.2 Å². The minimum atomic E-state index is -0.487. The number of hydrogen-bond donors (Lipinski definition) is 0. The third-order valence-electron chi connectivity index (χ3n) is 2.11. The lowest BCUT2D eigenvalue weighted by Gasteiger charge is -2.18. The van der Waals surface area contributed by atoms with E-state index in [0.717, 1.165) is 19.5 Å². The van der Waals surface area contributed by atoms with E-state index in [2.05, 4.69) is 14.9 Å². The molecule has 0 saturated heterocycles. The maximum atomic E-state index is 12.8. The second-order valence-electron chi connectivity index (χ2n) is 3.78. The van der Waals surface area contributed by atoms with Crippen molar-refractivity contribution in [1.82, 2.24) is 14.9 Å². The zero-order valence-electron chi connectivity index (χ0n) is 9.44. The fraction of sp³-hybridized carbons (Fsp3) is 0.600. The summed E-state index contributed by atoms with van der Waals surface area (Å²) in [5, 5.41) is 0. The minimum Gasteiger partial charge on any atom is -0.359 e. The second-order valence-corrected chi connectivity index (χ2v) is 3.78. The van der Waals surface area contributed by atoms with Crippen LogP contribution in [-0.4, -0.2) is 49.1 Å². The molecule has 0 amide bonds. The highest BCUT2D eigenvalue weighted by Gasteiger charge is 2.03. The molecular weight excluding hydrogens is 195 g/mol. The van der Waals surface area contributed by atoms with E-state index in [0.29, 0.717) is 5.82 Å².